The number of hydrogen-bond acceptors (Lipinski definition) is 6. The monoisotopic (exact) mass is 444 g/mol. The summed E-state index contributed by atoms with van der Waals surface area (Å²) in [5, 5.41) is 10.4. The van der Waals surface area contributed by atoms with Crippen LogP contribution in [0.5, 0.6) is 0 Å². The van der Waals surface area contributed by atoms with Crippen LogP contribution in [0.1, 0.15) is 37.4 Å². The summed E-state index contributed by atoms with van der Waals surface area (Å²) in [6, 6.07) is 13.0. The normalized spacial score (nSPS) is 17.8. The van der Waals surface area contributed by atoms with Crippen LogP contribution in [0.4, 0.5) is 4.39 Å². The van der Waals surface area contributed by atoms with Crippen molar-refractivity contribution < 1.29 is 4.39 Å². The summed E-state index contributed by atoms with van der Waals surface area (Å²) in [4.78, 5) is 13.7. The van der Waals surface area contributed by atoms with Crippen molar-refractivity contribution in [2.24, 2.45) is 0 Å². The van der Waals surface area contributed by atoms with Crippen molar-refractivity contribution in [2.75, 3.05) is 0 Å². The number of hydrogen-bond donors (Lipinski definition) is 1. The van der Waals surface area contributed by atoms with Gasteiger partial charge in [0.2, 0.25) is 0 Å². The van der Waals surface area contributed by atoms with Crippen LogP contribution in [0.15, 0.2) is 71.2 Å². The van der Waals surface area contributed by atoms with Crippen LogP contribution in [0.3, 0.4) is 0 Å². The van der Waals surface area contributed by atoms with Gasteiger partial charge in [-0.1, -0.05) is 25.0 Å². The minimum absolute atomic E-state index is 0.152. The molecule has 4 heterocycles. The summed E-state index contributed by atoms with van der Waals surface area (Å²) in [6.07, 6.45) is 10.0. The fourth-order valence-electron chi connectivity index (χ4n) is 4.41. The molecule has 1 N–H and O–H groups in total. The Morgan fingerprint density at radius 3 is 2.53 bits per heavy atom. The van der Waals surface area contributed by atoms with Gasteiger partial charge in [0, 0.05) is 41.3 Å². The molecular weight excluding hydrogens is 423 g/mol. The molecule has 1 saturated carbocycles. The Balaban J connectivity index is 1.43. The Bertz CT molecular complexity index is 1250. The molecule has 0 radical (unpaired) electrons. The fraction of sp³-hybridized carbons (Fsp3) is 0.250. The van der Waals surface area contributed by atoms with Gasteiger partial charge < -0.3 is 0 Å². The van der Waals surface area contributed by atoms with E-state index in [2.05, 4.69) is 16.4 Å². The summed E-state index contributed by atoms with van der Waals surface area (Å²) in [6.45, 7) is 0. The van der Waals surface area contributed by atoms with Crippen molar-refractivity contribution in [3.8, 4) is 22.5 Å². The highest BCUT2D eigenvalue weighted by Gasteiger charge is 2.32. The lowest BCUT2D eigenvalue weighted by molar-refractivity contribution is 0.342. The molecule has 2 aliphatic rings. The van der Waals surface area contributed by atoms with Crippen molar-refractivity contribution in [1.29, 1.82) is 0 Å². The molecule has 0 amide bonds. The molecule has 0 bridgehead atoms. The lowest BCUT2D eigenvalue weighted by Gasteiger charge is -2.29. The van der Waals surface area contributed by atoms with E-state index in [0.717, 1.165) is 45.3 Å². The Hall–Kier alpha value is -3.10. The molecule has 0 saturated heterocycles. The van der Waals surface area contributed by atoms with E-state index < -0.39 is 0 Å². The summed E-state index contributed by atoms with van der Waals surface area (Å²) in [5.74, 6) is 0.437. The van der Waals surface area contributed by atoms with Gasteiger partial charge in [-0.3, -0.25) is 10.3 Å². The van der Waals surface area contributed by atoms with Crippen LogP contribution in [0.25, 0.3) is 22.5 Å². The number of aromatic nitrogens is 5. The van der Waals surface area contributed by atoms with Gasteiger partial charge in [0.05, 0.1) is 0 Å². The van der Waals surface area contributed by atoms with Crippen LogP contribution < -0.4 is 5.32 Å². The highest BCUT2D eigenvalue weighted by molar-refractivity contribution is 7.99. The Labute approximate surface area is 189 Å². The molecule has 1 unspecified atom stereocenters. The van der Waals surface area contributed by atoms with E-state index in [1.807, 2.05) is 23.0 Å². The molecule has 4 aromatic rings. The molecule has 1 aromatic carbocycles. The number of benzene rings is 1. The van der Waals surface area contributed by atoms with Crippen LogP contribution in [-0.2, 0) is 0 Å². The molecular formula is C24H21FN6S. The maximum atomic E-state index is 13.4. The van der Waals surface area contributed by atoms with Crippen molar-refractivity contribution in [1.82, 2.24) is 30.0 Å². The molecule has 1 fully saturated rings. The number of nitrogens with zero attached hydrogens (tertiary/aromatic N) is 5. The molecule has 32 heavy (non-hydrogen) atoms. The maximum Gasteiger partial charge on any atom is 0.194 e. The first-order chi connectivity index (χ1) is 15.7. The standard InChI is InChI=1S/C24H21FN6S/c25-18-7-5-15(6-8-18)17-13-20-22(28-19-3-1-2-4-19)31-24(32-23(20)27-14-17)29-21(30-31)16-9-11-26-12-10-16/h5-14,19,22,28H,1-4H2. The largest absolute Gasteiger partial charge is 0.289 e. The van der Waals surface area contributed by atoms with Crippen molar-refractivity contribution in [3.05, 3.63) is 72.4 Å². The van der Waals surface area contributed by atoms with Gasteiger partial charge in [0.25, 0.3) is 0 Å². The molecule has 0 spiro atoms. The van der Waals surface area contributed by atoms with Gasteiger partial charge in [-0.15, -0.1) is 5.10 Å². The Morgan fingerprint density at radius 2 is 1.75 bits per heavy atom. The van der Waals surface area contributed by atoms with Gasteiger partial charge in [0.1, 0.15) is 17.0 Å². The van der Waals surface area contributed by atoms with E-state index in [1.165, 1.54) is 36.7 Å². The number of pyridine rings is 2. The first-order valence-electron chi connectivity index (χ1n) is 10.8. The summed E-state index contributed by atoms with van der Waals surface area (Å²) < 4.78 is 15.4. The SMILES string of the molecule is Fc1ccc(-c2cnc3c(c2)C(NC2CCCC2)n2nc(-c4ccncc4)nc2S3)cc1. The predicted molar refractivity (Wildman–Crippen MR) is 121 cm³/mol. The topological polar surface area (TPSA) is 68.5 Å². The second kappa shape index (κ2) is 8.11. The minimum atomic E-state index is -0.244. The molecule has 160 valence electrons. The third-order valence-corrected chi connectivity index (χ3v) is 7.07. The van der Waals surface area contributed by atoms with Crippen LogP contribution >= 0.6 is 11.8 Å². The molecule has 8 heteroatoms. The molecule has 3 aromatic heterocycles. The maximum absolute atomic E-state index is 13.4. The number of nitrogens with one attached hydrogen (secondary N) is 1. The van der Waals surface area contributed by atoms with Crippen molar-refractivity contribution in [2.45, 2.75) is 48.1 Å². The molecule has 1 aliphatic heterocycles. The third kappa shape index (κ3) is 3.59. The second-order valence-corrected chi connectivity index (χ2v) is 9.13. The molecule has 6 nitrogen and oxygen atoms in total. The molecule has 1 atom stereocenters. The summed E-state index contributed by atoms with van der Waals surface area (Å²) in [7, 11) is 0. The number of fused-ring (bicyclic) bond motifs is 2. The second-order valence-electron chi connectivity index (χ2n) is 8.18. The van der Waals surface area contributed by atoms with E-state index in [-0.39, 0.29) is 12.0 Å². The van der Waals surface area contributed by atoms with Crippen molar-refractivity contribution in [3.63, 3.8) is 0 Å². The minimum Gasteiger partial charge on any atom is -0.289 e. The van der Waals surface area contributed by atoms with Gasteiger partial charge in [-0.25, -0.2) is 19.0 Å². The quantitative estimate of drug-likeness (QED) is 0.473. The molecule has 1 aliphatic carbocycles. The lowest BCUT2D eigenvalue weighted by atomic mass is 10.0. The van der Waals surface area contributed by atoms with Gasteiger partial charge in [-0.2, -0.15) is 0 Å². The van der Waals surface area contributed by atoms with Gasteiger partial charge in [-0.05, 0) is 60.5 Å². The lowest BCUT2D eigenvalue weighted by Crippen LogP contribution is -2.37. The first-order valence-corrected chi connectivity index (χ1v) is 11.6. The first kappa shape index (κ1) is 19.6. The number of halogens is 1. The fourth-order valence-corrected chi connectivity index (χ4v) is 5.35. The molecule has 6 rings (SSSR count). The number of rotatable bonds is 4. The predicted octanol–water partition coefficient (Wildman–Crippen LogP) is 5.08. The highest BCUT2D eigenvalue weighted by atomic mass is 32.2. The van der Waals surface area contributed by atoms with E-state index in [9.17, 15) is 4.39 Å². The zero-order valence-corrected chi connectivity index (χ0v) is 18.1. The Morgan fingerprint density at radius 1 is 0.969 bits per heavy atom. The van der Waals surface area contributed by atoms with Gasteiger partial charge >= 0.3 is 0 Å². The zero-order valence-electron chi connectivity index (χ0n) is 17.3. The smallest absolute Gasteiger partial charge is 0.194 e. The third-order valence-electron chi connectivity index (χ3n) is 6.07. The van der Waals surface area contributed by atoms with E-state index >= 15 is 0 Å². The average molecular weight is 445 g/mol. The van der Waals surface area contributed by atoms with Crippen LogP contribution in [-0.4, -0.2) is 30.8 Å². The summed E-state index contributed by atoms with van der Waals surface area (Å²) in [5.41, 5.74) is 3.90. The highest BCUT2D eigenvalue weighted by Crippen LogP contribution is 2.41. The van der Waals surface area contributed by atoms with E-state index in [4.69, 9.17) is 15.1 Å². The van der Waals surface area contributed by atoms with Crippen LogP contribution in [0.2, 0.25) is 0 Å². The van der Waals surface area contributed by atoms with Crippen molar-refractivity contribution >= 4 is 11.8 Å². The van der Waals surface area contributed by atoms with E-state index in [1.54, 1.807) is 24.5 Å². The average Bonchev–Trinajstić information content (AvgIpc) is 3.50. The van der Waals surface area contributed by atoms with Crippen LogP contribution in [0, 0.1) is 5.82 Å². The zero-order chi connectivity index (χ0) is 21.5. The van der Waals surface area contributed by atoms with Gasteiger partial charge in [0.15, 0.2) is 11.0 Å². The summed E-state index contributed by atoms with van der Waals surface area (Å²) >= 11 is 1.53. The Kier molecular flexibility index (Phi) is 4.96. The van der Waals surface area contributed by atoms with E-state index in [0.29, 0.717) is 11.9 Å².